The van der Waals surface area contributed by atoms with Crippen molar-refractivity contribution < 1.29 is 9.84 Å². The van der Waals surface area contributed by atoms with E-state index >= 15 is 0 Å². The Bertz CT molecular complexity index is 1360. The molecule has 1 saturated heterocycles. The zero-order chi connectivity index (χ0) is 28.5. The van der Waals surface area contributed by atoms with E-state index in [2.05, 4.69) is 48.4 Å². The summed E-state index contributed by atoms with van der Waals surface area (Å²) in [7, 11) is 3.59. The molecule has 0 radical (unpaired) electrons. The van der Waals surface area contributed by atoms with Gasteiger partial charge in [-0.3, -0.25) is 19.2 Å². The lowest BCUT2D eigenvalue weighted by Gasteiger charge is -2.31. The zero-order valence-electron chi connectivity index (χ0n) is 23.9. The van der Waals surface area contributed by atoms with Crippen LogP contribution in [0.25, 0.3) is 11.0 Å². The van der Waals surface area contributed by atoms with Crippen LogP contribution in [0.1, 0.15) is 62.5 Å². The number of methoxy groups -OCH3 is 1. The first-order valence-electron chi connectivity index (χ1n) is 13.9. The van der Waals surface area contributed by atoms with Crippen LogP contribution < -0.4 is 15.8 Å². The summed E-state index contributed by atoms with van der Waals surface area (Å²) in [6.45, 7) is 8.13. The van der Waals surface area contributed by atoms with Crippen molar-refractivity contribution in [2.75, 3.05) is 44.4 Å². The monoisotopic (exact) mass is 551 g/mol. The molecule has 0 saturated carbocycles. The van der Waals surface area contributed by atoms with E-state index in [1.807, 2.05) is 17.9 Å². The van der Waals surface area contributed by atoms with E-state index in [9.17, 15) is 0 Å². The van der Waals surface area contributed by atoms with E-state index in [-0.39, 0.29) is 12.6 Å². The minimum atomic E-state index is 0.230. The highest BCUT2D eigenvalue weighted by Gasteiger charge is 2.23. The summed E-state index contributed by atoms with van der Waals surface area (Å²) in [5, 5.41) is 19.9. The van der Waals surface area contributed by atoms with E-state index in [1.165, 1.54) is 5.56 Å². The molecule has 0 unspecified atom stereocenters. The summed E-state index contributed by atoms with van der Waals surface area (Å²) in [6, 6.07) is 2.13. The van der Waals surface area contributed by atoms with Gasteiger partial charge in [0.25, 0.3) is 0 Å². The lowest BCUT2D eigenvalue weighted by atomic mass is 9.90. The quantitative estimate of drug-likeness (QED) is 0.249. The first kappa shape index (κ1) is 29.2. The Morgan fingerprint density at radius 1 is 1.12 bits per heavy atom. The Morgan fingerprint density at radius 2 is 1.90 bits per heavy atom. The number of nitrogen functional groups attached to an aromatic ring is 1. The summed E-state index contributed by atoms with van der Waals surface area (Å²) < 4.78 is 9.38. The van der Waals surface area contributed by atoms with Gasteiger partial charge in [0, 0.05) is 26.4 Å². The van der Waals surface area contributed by atoms with Gasteiger partial charge in [-0.05, 0) is 56.8 Å². The molecule has 0 spiro atoms. The molecule has 216 valence electrons. The molecule has 0 bridgehead atoms. The number of nitrogens with zero attached hydrogens (tertiary/aromatic N) is 9. The van der Waals surface area contributed by atoms with Crippen LogP contribution in [-0.4, -0.2) is 82.9 Å². The molecule has 1 aliphatic heterocycles. The molecule has 0 aromatic carbocycles. The molecular weight excluding hydrogens is 510 g/mol. The van der Waals surface area contributed by atoms with Crippen molar-refractivity contribution in [2.24, 2.45) is 7.05 Å². The Balaban J connectivity index is 0.00000118. The molecule has 40 heavy (non-hydrogen) atoms. The van der Waals surface area contributed by atoms with Gasteiger partial charge in [-0.15, -0.1) is 0 Å². The van der Waals surface area contributed by atoms with Gasteiger partial charge < -0.3 is 20.9 Å². The number of nitrogens with one attached hydrogen (secondary N) is 1. The van der Waals surface area contributed by atoms with E-state index < -0.39 is 0 Å². The number of anilines is 2. The third-order valence-electron chi connectivity index (χ3n) is 6.87. The Kier molecular flexibility index (Phi) is 10.2. The molecule has 5 heterocycles. The molecule has 0 amide bonds. The maximum atomic E-state index is 7.57. The van der Waals surface area contributed by atoms with E-state index in [4.69, 9.17) is 20.6 Å². The topological polar surface area (TPSA) is 158 Å². The fourth-order valence-corrected chi connectivity index (χ4v) is 4.87. The summed E-state index contributed by atoms with van der Waals surface area (Å²) in [4.78, 5) is 20.4. The van der Waals surface area contributed by atoms with Crippen molar-refractivity contribution in [1.82, 2.24) is 44.4 Å². The standard InChI is InChI=1S/C25H35N11O.C2H6O/c1-4-5-8-27-24-23-19(31-25(26)32-24)13-30-36(23)14-20-21(37-3)11-18(12-28-20)17-6-9-35(10-7-17)15-22-29-16-34(2)33-22;1-2-3/h11-13,16-17H,4-10,14-15H2,1-3H3,(H3,26,27,31,32);3H,2H2,1H3. The SMILES string of the molecule is CCCCNc1nc(N)nc2cnn(Cc3ncc(C4CCN(Cc5ncn(C)n5)CC4)cc3OC)c12.CCO. The van der Waals surface area contributed by atoms with Crippen LogP contribution >= 0.6 is 0 Å². The highest BCUT2D eigenvalue weighted by molar-refractivity contribution is 5.86. The largest absolute Gasteiger partial charge is 0.495 e. The predicted molar refractivity (Wildman–Crippen MR) is 154 cm³/mol. The summed E-state index contributed by atoms with van der Waals surface area (Å²) in [6.07, 6.45) is 9.70. The number of unbranched alkanes of at least 4 members (excludes halogenated alkanes) is 1. The van der Waals surface area contributed by atoms with Crippen LogP contribution in [0, 0.1) is 0 Å². The summed E-state index contributed by atoms with van der Waals surface area (Å²) in [5.74, 6) is 3.00. The van der Waals surface area contributed by atoms with Crippen molar-refractivity contribution in [3.05, 3.63) is 41.9 Å². The fraction of sp³-hybridized carbons (Fsp3) is 0.556. The van der Waals surface area contributed by atoms with Gasteiger partial charge in [-0.25, -0.2) is 9.97 Å². The third kappa shape index (κ3) is 7.21. The first-order valence-corrected chi connectivity index (χ1v) is 13.9. The maximum Gasteiger partial charge on any atom is 0.222 e. The van der Waals surface area contributed by atoms with Gasteiger partial charge >= 0.3 is 0 Å². The number of nitrogens with two attached hydrogens (primary N) is 1. The second-order valence-corrected chi connectivity index (χ2v) is 9.87. The van der Waals surface area contributed by atoms with Crippen LogP contribution in [0.2, 0.25) is 0 Å². The number of aromatic nitrogens is 8. The number of aliphatic hydroxyl groups excluding tert-OH is 1. The average molecular weight is 552 g/mol. The average Bonchev–Trinajstić information content (AvgIpc) is 3.55. The fourth-order valence-electron chi connectivity index (χ4n) is 4.87. The number of hydrogen-bond donors (Lipinski definition) is 3. The van der Waals surface area contributed by atoms with Gasteiger partial charge in [-0.2, -0.15) is 15.2 Å². The van der Waals surface area contributed by atoms with Gasteiger partial charge in [0.2, 0.25) is 5.95 Å². The number of piperidine rings is 1. The smallest absolute Gasteiger partial charge is 0.222 e. The number of fused-ring (bicyclic) bond motifs is 1. The molecule has 13 heteroatoms. The van der Waals surface area contributed by atoms with Crippen molar-refractivity contribution in [3.8, 4) is 5.75 Å². The van der Waals surface area contributed by atoms with Gasteiger partial charge in [0.05, 0.1) is 26.4 Å². The van der Waals surface area contributed by atoms with Crippen molar-refractivity contribution >= 4 is 22.8 Å². The van der Waals surface area contributed by atoms with Crippen molar-refractivity contribution in [3.63, 3.8) is 0 Å². The number of pyridine rings is 1. The summed E-state index contributed by atoms with van der Waals surface area (Å²) >= 11 is 0. The molecular formula is C27H41N11O2. The molecule has 1 fully saturated rings. The second kappa shape index (κ2) is 14.0. The van der Waals surface area contributed by atoms with E-state index in [0.717, 1.165) is 74.6 Å². The van der Waals surface area contributed by atoms with Crippen LogP contribution in [0.15, 0.2) is 24.8 Å². The maximum absolute atomic E-state index is 7.57. The van der Waals surface area contributed by atoms with Crippen LogP contribution in [-0.2, 0) is 20.1 Å². The number of likely N-dealkylation sites (tertiary alicyclic amines) is 1. The molecule has 13 nitrogen and oxygen atoms in total. The minimum Gasteiger partial charge on any atom is -0.495 e. The Labute approximate surface area is 234 Å². The molecule has 5 rings (SSSR count). The van der Waals surface area contributed by atoms with Gasteiger partial charge in [0.1, 0.15) is 28.8 Å². The highest BCUT2D eigenvalue weighted by Crippen LogP contribution is 2.32. The van der Waals surface area contributed by atoms with Crippen LogP contribution in [0.3, 0.4) is 0 Å². The number of aliphatic hydroxyl groups is 1. The molecule has 4 N–H and O–H groups in total. The predicted octanol–water partition coefficient (Wildman–Crippen LogP) is 2.58. The molecule has 0 atom stereocenters. The van der Waals surface area contributed by atoms with Gasteiger partial charge in [-0.1, -0.05) is 13.3 Å². The van der Waals surface area contributed by atoms with E-state index in [0.29, 0.717) is 23.8 Å². The molecule has 1 aliphatic rings. The molecule has 4 aromatic rings. The van der Waals surface area contributed by atoms with Crippen LogP contribution in [0.4, 0.5) is 11.8 Å². The zero-order valence-corrected chi connectivity index (χ0v) is 23.9. The third-order valence-corrected chi connectivity index (χ3v) is 6.87. The normalized spacial score (nSPS) is 14.2. The molecule has 4 aromatic heterocycles. The Hall–Kier alpha value is -3.84. The number of aryl methyl sites for hydroxylation is 1. The van der Waals surface area contributed by atoms with Crippen molar-refractivity contribution in [2.45, 2.75) is 58.5 Å². The lowest BCUT2D eigenvalue weighted by molar-refractivity contribution is 0.200. The number of rotatable bonds is 10. The van der Waals surface area contributed by atoms with Gasteiger partial charge in [0.15, 0.2) is 11.6 Å². The first-order chi connectivity index (χ1) is 19.4. The number of ether oxygens (including phenoxy) is 1. The highest BCUT2D eigenvalue weighted by atomic mass is 16.5. The van der Waals surface area contributed by atoms with E-state index in [1.54, 1.807) is 31.2 Å². The van der Waals surface area contributed by atoms with Crippen molar-refractivity contribution in [1.29, 1.82) is 0 Å². The summed E-state index contributed by atoms with van der Waals surface area (Å²) in [5.41, 5.74) is 9.47. The minimum absolute atomic E-state index is 0.230. The molecule has 0 aliphatic carbocycles. The lowest BCUT2D eigenvalue weighted by Crippen LogP contribution is -2.33. The Morgan fingerprint density at radius 3 is 2.58 bits per heavy atom. The second-order valence-electron chi connectivity index (χ2n) is 9.87. The number of hydrogen-bond acceptors (Lipinski definition) is 11. The van der Waals surface area contributed by atoms with Crippen LogP contribution in [0.5, 0.6) is 5.75 Å².